The second-order valence-corrected chi connectivity index (χ2v) is 10.6. The summed E-state index contributed by atoms with van der Waals surface area (Å²) < 4.78 is 11.2. The number of nitrogens with zero attached hydrogens (tertiary/aromatic N) is 2. The van der Waals surface area contributed by atoms with Gasteiger partial charge in [-0.05, 0) is 54.6 Å². The molecule has 3 aromatic rings. The molecule has 1 amide bonds. The average Bonchev–Trinajstić information content (AvgIpc) is 2.97. The van der Waals surface area contributed by atoms with E-state index in [-0.39, 0.29) is 30.0 Å². The molecule has 1 N–H and O–H groups in total. The third-order valence-corrected chi connectivity index (χ3v) is 8.34. The highest BCUT2D eigenvalue weighted by Gasteiger charge is 2.52. The van der Waals surface area contributed by atoms with Crippen LogP contribution in [-0.4, -0.2) is 68.7 Å². The van der Waals surface area contributed by atoms with E-state index in [2.05, 4.69) is 70.9 Å². The van der Waals surface area contributed by atoms with Crippen molar-refractivity contribution in [1.82, 2.24) is 15.1 Å². The fraction of sp³-hybridized carbons (Fsp3) is 0.406. The fourth-order valence-corrected chi connectivity index (χ4v) is 6.56. The molecule has 2 bridgehead atoms. The lowest BCUT2D eigenvalue weighted by Gasteiger charge is -2.57. The Labute approximate surface area is 226 Å². The zero-order valence-corrected chi connectivity index (χ0v) is 22.8. The van der Waals surface area contributed by atoms with Crippen LogP contribution in [0, 0.1) is 5.92 Å². The summed E-state index contributed by atoms with van der Waals surface area (Å²) in [5.41, 5.74) is 3.62. The number of methoxy groups -OCH3 is 2. The quantitative estimate of drug-likeness (QED) is 0.455. The van der Waals surface area contributed by atoms with Gasteiger partial charge in [-0.25, -0.2) is 0 Å². The maximum Gasteiger partial charge on any atom is 0.239 e. The first-order valence-corrected chi connectivity index (χ1v) is 13.5. The molecule has 38 heavy (non-hydrogen) atoms. The van der Waals surface area contributed by atoms with Gasteiger partial charge in [0.25, 0.3) is 0 Å². The molecule has 3 saturated heterocycles. The van der Waals surface area contributed by atoms with Crippen LogP contribution >= 0.6 is 0 Å². The number of ether oxygens (including phenoxy) is 2. The molecule has 0 aliphatic carbocycles. The van der Waals surface area contributed by atoms with Crippen molar-refractivity contribution in [2.24, 2.45) is 5.92 Å². The van der Waals surface area contributed by atoms with Crippen LogP contribution in [0.15, 0.2) is 78.9 Å². The number of hydrogen-bond donors (Lipinski definition) is 1. The summed E-state index contributed by atoms with van der Waals surface area (Å²) in [7, 11) is 7.14. The molecule has 5 atom stereocenters. The van der Waals surface area contributed by atoms with E-state index in [9.17, 15) is 4.79 Å². The Morgan fingerprint density at radius 2 is 1.63 bits per heavy atom. The van der Waals surface area contributed by atoms with E-state index in [4.69, 9.17) is 9.47 Å². The maximum atomic E-state index is 13.4. The van der Waals surface area contributed by atoms with Crippen LogP contribution in [-0.2, 0) is 11.3 Å². The largest absolute Gasteiger partial charge is 0.497 e. The van der Waals surface area contributed by atoms with Crippen molar-refractivity contribution in [3.8, 4) is 11.5 Å². The fourth-order valence-electron chi connectivity index (χ4n) is 6.56. The topological polar surface area (TPSA) is 54.0 Å². The lowest BCUT2D eigenvalue weighted by atomic mass is 9.68. The van der Waals surface area contributed by atoms with Gasteiger partial charge in [0.1, 0.15) is 11.5 Å². The highest BCUT2D eigenvalue weighted by molar-refractivity contribution is 5.82. The molecule has 6 rings (SSSR count). The molecule has 3 aromatic carbocycles. The molecule has 3 fully saturated rings. The molecule has 6 heteroatoms. The Morgan fingerprint density at radius 3 is 2.21 bits per heavy atom. The number of rotatable bonds is 9. The zero-order chi connectivity index (χ0) is 26.6. The molecule has 3 aliphatic heterocycles. The van der Waals surface area contributed by atoms with Crippen molar-refractivity contribution in [2.45, 2.75) is 43.4 Å². The van der Waals surface area contributed by atoms with Crippen LogP contribution in [0.1, 0.15) is 35.4 Å². The summed E-state index contributed by atoms with van der Waals surface area (Å²) in [6, 6.07) is 27.7. The number of carbonyl (C=O) groups is 1. The predicted molar refractivity (Wildman–Crippen MR) is 151 cm³/mol. The molecular weight excluding hydrogens is 474 g/mol. The van der Waals surface area contributed by atoms with Crippen LogP contribution in [0.5, 0.6) is 11.5 Å². The number of piperidine rings is 3. The Kier molecular flexibility index (Phi) is 8.01. The summed E-state index contributed by atoms with van der Waals surface area (Å²) in [4.78, 5) is 17.7. The van der Waals surface area contributed by atoms with Crippen LogP contribution in [0.3, 0.4) is 0 Å². The number of amides is 1. The smallest absolute Gasteiger partial charge is 0.239 e. The van der Waals surface area contributed by atoms with Gasteiger partial charge >= 0.3 is 0 Å². The molecule has 3 heterocycles. The first kappa shape index (κ1) is 26.3. The average molecular weight is 514 g/mol. The van der Waals surface area contributed by atoms with E-state index in [0.717, 1.165) is 36.4 Å². The van der Waals surface area contributed by atoms with Crippen LogP contribution in [0.2, 0.25) is 0 Å². The highest BCUT2D eigenvalue weighted by atomic mass is 16.5. The van der Waals surface area contributed by atoms with Crippen LogP contribution < -0.4 is 14.8 Å². The van der Waals surface area contributed by atoms with E-state index < -0.39 is 0 Å². The summed E-state index contributed by atoms with van der Waals surface area (Å²) in [6.45, 7) is 1.59. The van der Waals surface area contributed by atoms with E-state index in [0.29, 0.717) is 12.5 Å². The molecule has 1 unspecified atom stereocenters. The molecule has 0 aromatic heterocycles. The first-order valence-electron chi connectivity index (χ1n) is 13.5. The third-order valence-electron chi connectivity index (χ3n) is 8.34. The molecule has 200 valence electrons. The molecular formula is C32H39N3O3. The Morgan fingerprint density at radius 1 is 0.974 bits per heavy atom. The standard InChI is InChI=1S/C32H39N3O3/c1-34(2)32(36)27-20-24-17-18-35(27)31(29(22-11-7-5-8-12-22)23-13-9-6-10-14-23)30(24)33-21-25-19-26(37-3)15-16-28(25)38-4/h5-16,19,24,27,29-31,33H,17-18,20-21H2,1-4H3/t24-,27+,30-,31-/m0/s1. The van der Waals surface area contributed by atoms with Crippen LogP contribution in [0.25, 0.3) is 0 Å². The molecule has 3 aliphatic rings. The van der Waals surface area contributed by atoms with Gasteiger partial charge in [-0.2, -0.15) is 0 Å². The van der Waals surface area contributed by atoms with Crippen molar-refractivity contribution in [1.29, 1.82) is 0 Å². The van der Waals surface area contributed by atoms with Crippen molar-refractivity contribution in [2.75, 3.05) is 34.9 Å². The minimum Gasteiger partial charge on any atom is -0.497 e. The van der Waals surface area contributed by atoms with E-state index in [1.54, 1.807) is 19.1 Å². The predicted octanol–water partition coefficient (Wildman–Crippen LogP) is 4.55. The minimum atomic E-state index is -0.104. The minimum absolute atomic E-state index is 0.104. The lowest BCUT2D eigenvalue weighted by molar-refractivity contribution is -0.143. The third kappa shape index (κ3) is 5.16. The summed E-state index contributed by atoms with van der Waals surface area (Å²) in [5.74, 6) is 2.39. The number of likely N-dealkylation sites (N-methyl/N-ethyl adjacent to an activating group) is 1. The first-order chi connectivity index (χ1) is 18.5. The summed E-state index contributed by atoms with van der Waals surface area (Å²) in [5, 5.41) is 3.95. The second kappa shape index (κ2) is 11.6. The number of hydrogen-bond acceptors (Lipinski definition) is 5. The lowest BCUT2D eigenvalue weighted by Crippen LogP contribution is -2.69. The van der Waals surface area contributed by atoms with Gasteiger partial charge in [-0.1, -0.05) is 60.7 Å². The highest BCUT2D eigenvalue weighted by Crippen LogP contribution is 2.45. The monoisotopic (exact) mass is 513 g/mol. The van der Waals surface area contributed by atoms with Gasteiger partial charge in [0, 0.05) is 44.2 Å². The number of benzene rings is 3. The summed E-state index contributed by atoms with van der Waals surface area (Å²) in [6.07, 6.45) is 1.95. The Bertz CT molecular complexity index is 1180. The number of nitrogens with one attached hydrogen (secondary N) is 1. The Balaban J connectivity index is 1.55. The maximum absolute atomic E-state index is 13.4. The second-order valence-electron chi connectivity index (χ2n) is 10.6. The zero-order valence-electron chi connectivity index (χ0n) is 22.8. The van der Waals surface area contributed by atoms with Crippen molar-refractivity contribution >= 4 is 5.91 Å². The van der Waals surface area contributed by atoms with Gasteiger partial charge < -0.3 is 19.7 Å². The molecule has 0 radical (unpaired) electrons. The van der Waals surface area contributed by atoms with Crippen LogP contribution in [0.4, 0.5) is 0 Å². The van der Waals surface area contributed by atoms with Crippen molar-refractivity contribution < 1.29 is 14.3 Å². The SMILES string of the molecule is COc1ccc(OC)c(CN[C@H]2[C@H]3CCN([C@@H](C(=O)N(C)C)C3)[C@H]2C(c2ccccc2)c2ccccc2)c1. The van der Waals surface area contributed by atoms with E-state index >= 15 is 0 Å². The number of carbonyl (C=O) groups excluding carboxylic acids is 1. The van der Waals surface area contributed by atoms with Gasteiger partial charge in [0.2, 0.25) is 5.91 Å². The summed E-state index contributed by atoms with van der Waals surface area (Å²) >= 11 is 0. The van der Waals surface area contributed by atoms with Gasteiger partial charge in [0.15, 0.2) is 0 Å². The number of fused-ring (bicyclic) bond motifs is 3. The molecule has 0 spiro atoms. The van der Waals surface area contributed by atoms with Gasteiger partial charge in [-0.3, -0.25) is 9.69 Å². The van der Waals surface area contributed by atoms with Crippen molar-refractivity contribution in [3.05, 3.63) is 95.6 Å². The molecule has 0 saturated carbocycles. The Hall–Kier alpha value is -3.35. The molecule has 6 nitrogen and oxygen atoms in total. The van der Waals surface area contributed by atoms with Crippen molar-refractivity contribution in [3.63, 3.8) is 0 Å². The van der Waals surface area contributed by atoms with Gasteiger partial charge in [-0.15, -0.1) is 0 Å². The van der Waals surface area contributed by atoms with E-state index in [1.807, 2.05) is 32.3 Å². The van der Waals surface area contributed by atoms with Gasteiger partial charge in [0.05, 0.1) is 20.3 Å². The normalized spacial score (nSPS) is 24.3. The van der Waals surface area contributed by atoms with E-state index in [1.165, 1.54) is 11.1 Å².